The van der Waals surface area contributed by atoms with Crippen molar-refractivity contribution in [3.8, 4) is 10.9 Å². The van der Waals surface area contributed by atoms with E-state index in [1.54, 1.807) is 12.4 Å². The summed E-state index contributed by atoms with van der Waals surface area (Å²) >= 11 is 1.43. The minimum Gasteiger partial charge on any atom is -0.431 e. The van der Waals surface area contributed by atoms with Gasteiger partial charge in [-0.2, -0.15) is 0 Å². The molecule has 4 rings (SSSR count). The molecular weight excluding hydrogens is 360 g/mol. The zero-order valence-corrected chi connectivity index (χ0v) is 15.6. The topological polar surface area (TPSA) is 58.6 Å². The van der Waals surface area contributed by atoms with Crippen molar-refractivity contribution in [2.75, 3.05) is 26.2 Å². The van der Waals surface area contributed by atoms with Gasteiger partial charge in [-0.15, -0.1) is 0 Å². The summed E-state index contributed by atoms with van der Waals surface area (Å²) in [5, 5.41) is 2.46. The fraction of sp³-hybridized carbons (Fsp3) is 0.250. The highest BCUT2D eigenvalue weighted by molar-refractivity contribution is 7.11. The molecule has 2 aromatic heterocycles. The second-order valence-electron chi connectivity index (χ2n) is 6.35. The molecule has 7 heteroatoms. The van der Waals surface area contributed by atoms with Crippen LogP contribution in [0.5, 0.6) is 10.9 Å². The lowest BCUT2D eigenvalue weighted by molar-refractivity contribution is 0.0628. The van der Waals surface area contributed by atoms with Crippen LogP contribution in [0.2, 0.25) is 0 Å². The number of carbonyl (C=O) groups excluding carboxylic acids is 1. The number of nitrogens with zero attached hydrogens (tertiary/aromatic N) is 4. The van der Waals surface area contributed by atoms with Crippen molar-refractivity contribution in [2.45, 2.75) is 6.54 Å². The Kier molecular flexibility index (Phi) is 5.41. The number of hydrogen-bond donors (Lipinski definition) is 0. The number of hydrogen-bond acceptors (Lipinski definition) is 6. The summed E-state index contributed by atoms with van der Waals surface area (Å²) in [6, 6.07) is 11.3. The van der Waals surface area contributed by atoms with Crippen LogP contribution in [0, 0.1) is 0 Å². The van der Waals surface area contributed by atoms with E-state index in [4.69, 9.17) is 4.74 Å². The van der Waals surface area contributed by atoms with Gasteiger partial charge in [0, 0.05) is 62.3 Å². The zero-order chi connectivity index (χ0) is 18.5. The van der Waals surface area contributed by atoms with E-state index in [1.807, 2.05) is 46.8 Å². The molecule has 1 fully saturated rings. The van der Waals surface area contributed by atoms with Gasteiger partial charge in [0.1, 0.15) is 5.75 Å². The fourth-order valence-corrected chi connectivity index (χ4v) is 3.57. The molecule has 0 saturated carbocycles. The Bertz CT molecular complexity index is 861. The maximum Gasteiger partial charge on any atom is 0.278 e. The molecule has 0 radical (unpaired) electrons. The van der Waals surface area contributed by atoms with Gasteiger partial charge < -0.3 is 9.64 Å². The quantitative estimate of drug-likeness (QED) is 0.680. The summed E-state index contributed by atoms with van der Waals surface area (Å²) in [7, 11) is 0. The monoisotopic (exact) mass is 380 g/mol. The van der Waals surface area contributed by atoms with Gasteiger partial charge >= 0.3 is 0 Å². The lowest BCUT2D eigenvalue weighted by Gasteiger charge is -2.34. The third-order valence-electron chi connectivity index (χ3n) is 4.50. The highest BCUT2D eigenvalue weighted by Gasteiger charge is 2.22. The molecule has 0 unspecified atom stereocenters. The second-order valence-corrected chi connectivity index (χ2v) is 7.21. The molecule has 3 aromatic rings. The van der Waals surface area contributed by atoms with Crippen molar-refractivity contribution in [1.29, 1.82) is 0 Å². The summed E-state index contributed by atoms with van der Waals surface area (Å²) in [5.74, 6) is 0.750. The number of aromatic nitrogens is 2. The number of rotatable bonds is 5. The first-order valence-electron chi connectivity index (χ1n) is 8.86. The number of thiazole rings is 1. The molecule has 1 aromatic carbocycles. The number of piperazine rings is 1. The number of amides is 1. The largest absolute Gasteiger partial charge is 0.431 e. The van der Waals surface area contributed by atoms with Crippen LogP contribution in [-0.2, 0) is 6.54 Å². The van der Waals surface area contributed by atoms with Crippen LogP contribution in [0.1, 0.15) is 15.9 Å². The maximum absolute atomic E-state index is 12.7. The molecular formula is C20H20N4O2S. The molecule has 1 saturated heterocycles. The van der Waals surface area contributed by atoms with Crippen LogP contribution in [0.4, 0.5) is 0 Å². The Morgan fingerprint density at radius 1 is 1.07 bits per heavy atom. The summed E-state index contributed by atoms with van der Waals surface area (Å²) < 4.78 is 5.64. The van der Waals surface area contributed by atoms with E-state index in [1.165, 1.54) is 16.9 Å². The molecule has 6 nitrogen and oxygen atoms in total. The highest BCUT2D eigenvalue weighted by Crippen LogP contribution is 2.23. The normalized spacial score (nSPS) is 14.9. The number of pyridine rings is 1. The van der Waals surface area contributed by atoms with E-state index >= 15 is 0 Å². The van der Waals surface area contributed by atoms with E-state index in [9.17, 15) is 4.79 Å². The van der Waals surface area contributed by atoms with Crippen molar-refractivity contribution in [1.82, 2.24) is 19.8 Å². The molecule has 27 heavy (non-hydrogen) atoms. The van der Waals surface area contributed by atoms with Gasteiger partial charge in [-0.05, 0) is 35.9 Å². The van der Waals surface area contributed by atoms with Crippen LogP contribution < -0.4 is 4.74 Å². The molecule has 3 heterocycles. The summed E-state index contributed by atoms with van der Waals surface area (Å²) in [6.07, 6.45) is 5.38. The first kappa shape index (κ1) is 17.6. The molecule has 1 aliphatic heterocycles. The molecule has 0 N–H and O–H groups in total. The molecule has 0 spiro atoms. The highest BCUT2D eigenvalue weighted by atomic mass is 32.1. The molecule has 138 valence electrons. The van der Waals surface area contributed by atoms with Gasteiger partial charge in [-0.3, -0.25) is 14.7 Å². The lowest BCUT2D eigenvalue weighted by Crippen LogP contribution is -2.48. The van der Waals surface area contributed by atoms with Crippen molar-refractivity contribution < 1.29 is 9.53 Å². The molecule has 0 bridgehead atoms. The van der Waals surface area contributed by atoms with Crippen molar-refractivity contribution in [2.24, 2.45) is 0 Å². The zero-order valence-electron chi connectivity index (χ0n) is 14.8. The van der Waals surface area contributed by atoms with Crippen molar-refractivity contribution in [3.05, 3.63) is 71.5 Å². The smallest absolute Gasteiger partial charge is 0.278 e. The van der Waals surface area contributed by atoms with E-state index in [-0.39, 0.29) is 5.91 Å². The second kappa shape index (κ2) is 8.28. The van der Waals surface area contributed by atoms with Crippen molar-refractivity contribution >= 4 is 17.2 Å². The minimum atomic E-state index is 0.0665. The SMILES string of the molecule is O=C(c1ccc(Oc2nccs2)cc1)N1CCN(Cc2cccnc2)CC1. The minimum absolute atomic E-state index is 0.0665. The molecule has 1 aliphatic rings. The first-order valence-corrected chi connectivity index (χ1v) is 9.74. The van der Waals surface area contributed by atoms with Gasteiger partial charge in [0.2, 0.25) is 0 Å². The molecule has 1 amide bonds. The number of benzene rings is 1. The van der Waals surface area contributed by atoms with Crippen molar-refractivity contribution in [3.63, 3.8) is 0 Å². The van der Waals surface area contributed by atoms with E-state index in [0.29, 0.717) is 16.5 Å². The third kappa shape index (κ3) is 4.50. The summed E-state index contributed by atoms with van der Waals surface area (Å²) in [6.45, 7) is 4.07. The first-order chi connectivity index (χ1) is 13.3. The predicted molar refractivity (Wildman–Crippen MR) is 104 cm³/mol. The Hall–Kier alpha value is -2.77. The van der Waals surface area contributed by atoms with Gasteiger partial charge in [0.05, 0.1) is 0 Å². The fourth-order valence-electron chi connectivity index (χ4n) is 3.07. The third-order valence-corrected chi connectivity index (χ3v) is 5.15. The van der Waals surface area contributed by atoms with Gasteiger partial charge in [-0.1, -0.05) is 17.4 Å². The van der Waals surface area contributed by atoms with E-state index in [2.05, 4.69) is 20.9 Å². The maximum atomic E-state index is 12.7. The Morgan fingerprint density at radius 2 is 1.89 bits per heavy atom. The van der Waals surface area contributed by atoms with Gasteiger partial charge in [-0.25, -0.2) is 4.98 Å². The predicted octanol–water partition coefficient (Wildman–Crippen LogP) is 3.29. The molecule has 0 aliphatic carbocycles. The Morgan fingerprint density at radius 3 is 2.56 bits per heavy atom. The van der Waals surface area contributed by atoms with Crippen LogP contribution in [0.3, 0.4) is 0 Å². The molecule has 0 atom stereocenters. The lowest BCUT2D eigenvalue weighted by atomic mass is 10.1. The Labute approximate surface area is 162 Å². The van der Waals surface area contributed by atoms with Crippen LogP contribution in [0.25, 0.3) is 0 Å². The van der Waals surface area contributed by atoms with Gasteiger partial charge in [0.15, 0.2) is 0 Å². The summed E-state index contributed by atoms with van der Waals surface area (Å²) in [4.78, 5) is 25.3. The number of ether oxygens (including phenoxy) is 1. The van der Waals surface area contributed by atoms with Crippen LogP contribution in [-0.4, -0.2) is 51.9 Å². The number of carbonyl (C=O) groups is 1. The average Bonchev–Trinajstić information content (AvgIpc) is 3.22. The average molecular weight is 380 g/mol. The van der Waals surface area contributed by atoms with E-state index < -0.39 is 0 Å². The van der Waals surface area contributed by atoms with Gasteiger partial charge in [0.25, 0.3) is 11.1 Å². The standard InChI is InChI=1S/C20H20N4O2S/c25-19(17-3-5-18(6-4-17)26-20-22-8-13-27-20)24-11-9-23(10-12-24)15-16-2-1-7-21-14-16/h1-8,13-14H,9-12,15H2. The van der Waals surface area contributed by atoms with Crippen LogP contribution >= 0.6 is 11.3 Å². The Balaban J connectivity index is 1.31. The van der Waals surface area contributed by atoms with E-state index in [0.717, 1.165) is 32.7 Å². The summed E-state index contributed by atoms with van der Waals surface area (Å²) in [5.41, 5.74) is 1.88. The van der Waals surface area contributed by atoms with Crippen LogP contribution in [0.15, 0.2) is 60.4 Å².